The summed E-state index contributed by atoms with van der Waals surface area (Å²) in [7, 11) is 3.98. The third-order valence-electron chi connectivity index (χ3n) is 2.89. The molecule has 0 amide bonds. The van der Waals surface area contributed by atoms with Crippen LogP contribution in [0.1, 0.15) is 26.7 Å². The summed E-state index contributed by atoms with van der Waals surface area (Å²) < 4.78 is 0. The van der Waals surface area contributed by atoms with Gasteiger partial charge in [0.25, 0.3) is 0 Å². The molecule has 3 nitrogen and oxygen atoms in total. The largest absolute Gasteiger partial charge is 0.298 e. The lowest BCUT2D eigenvalue weighted by Gasteiger charge is -2.33. The number of hydrazine groups is 1. The summed E-state index contributed by atoms with van der Waals surface area (Å²) >= 11 is 1.84. The van der Waals surface area contributed by atoms with Gasteiger partial charge in [-0.1, -0.05) is 25.6 Å². The van der Waals surface area contributed by atoms with Crippen LogP contribution in [-0.2, 0) is 0 Å². The van der Waals surface area contributed by atoms with Crippen LogP contribution in [0.2, 0.25) is 0 Å². The van der Waals surface area contributed by atoms with E-state index in [2.05, 4.69) is 24.3 Å². The molecular formula is C10H21N3S. The van der Waals surface area contributed by atoms with Crippen LogP contribution in [0, 0.1) is 5.41 Å². The van der Waals surface area contributed by atoms with E-state index in [1.54, 1.807) is 0 Å². The lowest BCUT2D eigenvalue weighted by atomic mass is 9.84. The number of thioether (sulfide) groups is 1. The lowest BCUT2D eigenvalue weighted by molar-refractivity contribution is 0.313. The van der Waals surface area contributed by atoms with Gasteiger partial charge in [0.1, 0.15) is 0 Å². The molecule has 0 aliphatic carbocycles. The van der Waals surface area contributed by atoms with Gasteiger partial charge in [-0.15, -0.1) is 0 Å². The van der Waals surface area contributed by atoms with Gasteiger partial charge in [-0.2, -0.15) is 0 Å². The van der Waals surface area contributed by atoms with Gasteiger partial charge in [0.2, 0.25) is 0 Å². The molecule has 1 rings (SSSR count). The molecule has 0 unspecified atom stereocenters. The number of rotatable bonds is 3. The molecule has 0 saturated carbocycles. The van der Waals surface area contributed by atoms with Crippen LogP contribution >= 0.6 is 11.8 Å². The molecule has 0 bridgehead atoms. The van der Waals surface area contributed by atoms with E-state index >= 15 is 0 Å². The second-order valence-electron chi connectivity index (χ2n) is 4.12. The number of hydrogen-bond acceptors (Lipinski definition) is 4. The van der Waals surface area contributed by atoms with Crippen LogP contribution in [0.25, 0.3) is 0 Å². The fourth-order valence-corrected chi connectivity index (χ4v) is 2.83. The highest BCUT2D eigenvalue weighted by Crippen LogP contribution is 2.34. The van der Waals surface area contributed by atoms with E-state index in [-0.39, 0.29) is 0 Å². The summed E-state index contributed by atoms with van der Waals surface area (Å²) in [5.41, 5.74) is 3.66. The molecule has 0 fully saturated rings. The van der Waals surface area contributed by atoms with Crippen LogP contribution in [0.3, 0.4) is 0 Å². The first-order chi connectivity index (χ1) is 6.62. The Hall–Kier alpha value is -0.220. The summed E-state index contributed by atoms with van der Waals surface area (Å²) in [4.78, 5) is 4.59. The van der Waals surface area contributed by atoms with Crippen LogP contribution in [0.5, 0.6) is 0 Å². The number of amidine groups is 1. The first kappa shape index (κ1) is 11.9. The fraction of sp³-hybridized carbons (Fsp3) is 0.900. The smallest absolute Gasteiger partial charge is 0.171 e. The Labute approximate surface area is 91.3 Å². The number of nitrogens with zero attached hydrogens (tertiary/aromatic N) is 2. The van der Waals surface area contributed by atoms with Crippen LogP contribution in [0.4, 0.5) is 0 Å². The zero-order chi connectivity index (χ0) is 10.6. The lowest BCUT2D eigenvalue weighted by Crippen LogP contribution is -2.39. The SMILES string of the molecule is CCC1(CC)CN=C(NN(C)C)SC1. The van der Waals surface area contributed by atoms with E-state index in [0.29, 0.717) is 5.41 Å². The van der Waals surface area contributed by atoms with Gasteiger partial charge < -0.3 is 0 Å². The van der Waals surface area contributed by atoms with Crippen molar-refractivity contribution in [2.24, 2.45) is 10.4 Å². The van der Waals surface area contributed by atoms with Crippen molar-refractivity contribution in [3.63, 3.8) is 0 Å². The molecule has 14 heavy (non-hydrogen) atoms. The fourth-order valence-electron chi connectivity index (χ4n) is 1.49. The van der Waals surface area contributed by atoms with Gasteiger partial charge in [-0.3, -0.25) is 10.4 Å². The van der Waals surface area contributed by atoms with E-state index < -0.39 is 0 Å². The van der Waals surface area contributed by atoms with Crippen LogP contribution in [-0.4, -0.2) is 36.6 Å². The molecule has 0 aromatic carbocycles. The van der Waals surface area contributed by atoms with E-state index in [4.69, 9.17) is 0 Å². The minimum atomic E-state index is 0.447. The number of nitrogens with one attached hydrogen (secondary N) is 1. The Kier molecular flexibility index (Phi) is 4.26. The van der Waals surface area contributed by atoms with Crippen molar-refractivity contribution in [2.75, 3.05) is 26.4 Å². The van der Waals surface area contributed by atoms with E-state index in [1.165, 1.54) is 18.6 Å². The first-order valence-corrected chi connectivity index (χ1v) is 6.21. The van der Waals surface area contributed by atoms with Gasteiger partial charge in [0.05, 0.1) is 0 Å². The Morgan fingerprint density at radius 1 is 1.43 bits per heavy atom. The van der Waals surface area contributed by atoms with Crippen molar-refractivity contribution in [1.29, 1.82) is 0 Å². The van der Waals surface area contributed by atoms with Gasteiger partial charge in [-0.05, 0) is 18.3 Å². The summed E-state index contributed by atoms with van der Waals surface area (Å²) in [6, 6.07) is 0. The van der Waals surface area contributed by atoms with Gasteiger partial charge in [0.15, 0.2) is 5.17 Å². The van der Waals surface area contributed by atoms with Crippen molar-refractivity contribution in [3.8, 4) is 0 Å². The Balaban J connectivity index is 2.53. The van der Waals surface area contributed by atoms with Crippen molar-refractivity contribution in [1.82, 2.24) is 10.4 Å². The quantitative estimate of drug-likeness (QED) is 0.729. The topological polar surface area (TPSA) is 27.6 Å². The standard InChI is InChI=1S/C10H21N3S/c1-5-10(6-2)7-11-9(14-8-10)12-13(3)4/h5-8H2,1-4H3,(H,11,12). The highest BCUT2D eigenvalue weighted by Gasteiger charge is 2.30. The van der Waals surface area contributed by atoms with Crippen molar-refractivity contribution in [2.45, 2.75) is 26.7 Å². The van der Waals surface area contributed by atoms with Gasteiger partial charge in [0, 0.05) is 26.4 Å². The Morgan fingerprint density at radius 3 is 2.43 bits per heavy atom. The second kappa shape index (κ2) is 5.03. The van der Waals surface area contributed by atoms with Crippen LogP contribution in [0.15, 0.2) is 4.99 Å². The minimum Gasteiger partial charge on any atom is -0.298 e. The predicted molar refractivity (Wildman–Crippen MR) is 64.6 cm³/mol. The first-order valence-electron chi connectivity index (χ1n) is 5.23. The molecule has 0 aromatic rings. The average Bonchev–Trinajstić information content (AvgIpc) is 2.19. The van der Waals surface area contributed by atoms with Crippen molar-refractivity contribution in [3.05, 3.63) is 0 Å². The maximum absolute atomic E-state index is 4.59. The highest BCUT2D eigenvalue weighted by molar-refractivity contribution is 8.13. The average molecular weight is 215 g/mol. The maximum atomic E-state index is 4.59. The Bertz CT molecular complexity index is 209. The zero-order valence-electron chi connectivity index (χ0n) is 9.63. The predicted octanol–water partition coefficient (Wildman–Crippen LogP) is 1.96. The molecule has 1 aliphatic heterocycles. The molecule has 0 aromatic heterocycles. The van der Waals surface area contributed by atoms with E-state index in [1.807, 2.05) is 30.9 Å². The monoisotopic (exact) mass is 215 g/mol. The Morgan fingerprint density at radius 2 is 2.07 bits per heavy atom. The molecule has 0 spiro atoms. The third kappa shape index (κ3) is 2.89. The second-order valence-corrected chi connectivity index (χ2v) is 5.09. The number of aliphatic imine (C=N–C) groups is 1. The molecule has 0 radical (unpaired) electrons. The molecule has 1 N–H and O–H groups in total. The summed E-state index contributed by atoms with van der Waals surface area (Å²) in [6.07, 6.45) is 2.46. The molecule has 0 atom stereocenters. The summed E-state index contributed by atoms with van der Waals surface area (Å²) in [5, 5.41) is 3.00. The number of hydrogen-bond donors (Lipinski definition) is 1. The highest BCUT2D eigenvalue weighted by atomic mass is 32.2. The normalized spacial score (nSPS) is 20.8. The zero-order valence-corrected chi connectivity index (χ0v) is 10.4. The van der Waals surface area contributed by atoms with E-state index in [0.717, 1.165) is 11.7 Å². The molecule has 0 saturated heterocycles. The molecular weight excluding hydrogens is 194 g/mol. The van der Waals surface area contributed by atoms with Gasteiger partial charge in [-0.25, -0.2) is 5.01 Å². The molecule has 4 heteroatoms. The molecule has 1 aliphatic rings. The minimum absolute atomic E-state index is 0.447. The third-order valence-corrected chi connectivity index (χ3v) is 4.14. The molecule has 82 valence electrons. The van der Waals surface area contributed by atoms with E-state index in [9.17, 15) is 0 Å². The summed E-state index contributed by atoms with van der Waals surface area (Å²) in [5.74, 6) is 1.19. The van der Waals surface area contributed by atoms with Crippen molar-refractivity contribution >= 4 is 16.9 Å². The molecule has 1 heterocycles. The van der Waals surface area contributed by atoms with Crippen molar-refractivity contribution < 1.29 is 0 Å². The maximum Gasteiger partial charge on any atom is 0.171 e. The summed E-state index contributed by atoms with van der Waals surface area (Å²) in [6.45, 7) is 5.51. The van der Waals surface area contributed by atoms with Gasteiger partial charge >= 0.3 is 0 Å². The van der Waals surface area contributed by atoms with Crippen LogP contribution < -0.4 is 5.43 Å².